The molecule has 0 aliphatic rings. The normalized spacial score (nSPS) is 11.2. The molecule has 0 spiro atoms. The summed E-state index contributed by atoms with van der Waals surface area (Å²) in [5, 5.41) is 4.02. The van der Waals surface area contributed by atoms with Crippen LogP contribution < -0.4 is 5.73 Å². The molecule has 1 aromatic rings. The third-order valence-corrected chi connectivity index (χ3v) is 2.56. The molecule has 0 unspecified atom stereocenters. The lowest BCUT2D eigenvalue weighted by atomic mass is 10.1. The number of hydrogen-bond acceptors (Lipinski definition) is 6. The summed E-state index contributed by atoms with van der Waals surface area (Å²) in [6.07, 6.45) is 1.42. The standard InChI is InChI=1S/C12H19N3O4/c1-5-18-10(16)9-8(13)7-15(14-9)12(3,4)11(17)19-6-2/h7H,5-6,13H2,1-4H3. The lowest BCUT2D eigenvalue weighted by Gasteiger charge is -2.22. The smallest absolute Gasteiger partial charge is 0.361 e. The van der Waals surface area contributed by atoms with Crippen LogP contribution in [0.5, 0.6) is 0 Å². The lowest BCUT2D eigenvalue weighted by Crippen LogP contribution is -2.38. The molecule has 0 atom stereocenters. The van der Waals surface area contributed by atoms with Crippen molar-refractivity contribution in [2.45, 2.75) is 33.2 Å². The molecule has 0 saturated heterocycles. The zero-order valence-electron chi connectivity index (χ0n) is 11.6. The third-order valence-electron chi connectivity index (χ3n) is 2.56. The topological polar surface area (TPSA) is 96.4 Å². The Morgan fingerprint density at radius 2 is 1.89 bits per heavy atom. The predicted octanol–water partition coefficient (Wildman–Crippen LogP) is 0.940. The van der Waals surface area contributed by atoms with Gasteiger partial charge in [-0.2, -0.15) is 5.10 Å². The van der Waals surface area contributed by atoms with Crippen molar-refractivity contribution in [2.24, 2.45) is 0 Å². The van der Waals surface area contributed by atoms with Crippen molar-refractivity contribution in [1.29, 1.82) is 0 Å². The van der Waals surface area contributed by atoms with Gasteiger partial charge in [0.1, 0.15) is 0 Å². The van der Waals surface area contributed by atoms with E-state index in [1.165, 1.54) is 10.9 Å². The van der Waals surface area contributed by atoms with Crippen LogP contribution in [0.1, 0.15) is 38.2 Å². The third kappa shape index (κ3) is 3.04. The average Bonchev–Trinajstić information content (AvgIpc) is 2.72. The molecule has 0 aliphatic carbocycles. The first-order chi connectivity index (χ1) is 8.84. The number of hydrogen-bond donors (Lipinski definition) is 1. The highest BCUT2D eigenvalue weighted by Gasteiger charge is 2.34. The molecule has 7 heteroatoms. The van der Waals surface area contributed by atoms with E-state index in [0.717, 1.165) is 0 Å². The lowest BCUT2D eigenvalue weighted by molar-refractivity contribution is -0.152. The maximum Gasteiger partial charge on any atom is 0.361 e. The molecule has 0 aromatic carbocycles. The molecule has 0 fully saturated rings. The molecule has 0 aliphatic heterocycles. The van der Waals surface area contributed by atoms with Gasteiger partial charge in [0.2, 0.25) is 0 Å². The van der Waals surface area contributed by atoms with Crippen molar-refractivity contribution >= 4 is 17.6 Å². The summed E-state index contributed by atoms with van der Waals surface area (Å²) in [6, 6.07) is 0. The number of rotatable bonds is 5. The van der Waals surface area contributed by atoms with Crippen LogP contribution in [0, 0.1) is 0 Å². The number of carbonyl (C=O) groups excluding carboxylic acids is 2. The highest BCUT2D eigenvalue weighted by molar-refractivity contribution is 5.92. The molecule has 0 saturated carbocycles. The fourth-order valence-electron chi connectivity index (χ4n) is 1.43. The summed E-state index contributed by atoms with van der Waals surface area (Å²) in [6.45, 7) is 7.16. The Morgan fingerprint density at radius 3 is 2.42 bits per heavy atom. The molecule has 106 valence electrons. The largest absolute Gasteiger partial charge is 0.464 e. The number of aromatic nitrogens is 2. The van der Waals surface area contributed by atoms with Crippen LogP contribution in [0.2, 0.25) is 0 Å². The Bertz CT molecular complexity index is 479. The fraction of sp³-hybridized carbons (Fsp3) is 0.583. The number of carbonyl (C=O) groups is 2. The van der Waals surface area contributed by atoms with E-state index in [1.807, 2.05) is 0 Å². The van der Waals surface area contributed by atoms with Crippen molar-refractivity contribution in [2.75, 3.05) is 18.9 Å². The molecule has 0 bridgehead atoms. The van der Waals surface area contributed by atoms with E-state index in [4.69, 9.17) is 15.2 Å². The maximum absolute atomic E-state index is 11.8. The minimum absolute atomic E-state index is 0.000719. The van der Waals surface area contributed by atoms with E-state index in [1.54, 1.807) is 27.7 Å². The van der Waals surface area contributed by atoms with Crippen LogP contribution in [-0.2, 0) is 19.8 Å². The van der Waals surface area contributed by atoms with Crippen molar-refractivity contribution in [1.82, 2.24) is 9.78 Å². The SMILES string of the molecule is CCOC(=O)c1nn(C(C)(C)C(=O)OCC)cc1N. The first kappa shape index (κ1) is 15.0. The minimum atomic E-state index is -1.05. The van der Waals surface area contributed by atoms with Crippen molar-refractivity contribution < 1.29 is 19.1 Å². The van der Waals surface area contributed by atoms with E-state index in [9.17, 15) is 9.59 Å². The van der Waals surface area contributed by atoms with Gasteiger partial charge in [-0.15, -0.1) is 0 Å². The van der Waals surface area contributed by atoms with Crippen LogP contribution in [0.3, 0.4) is 0 Å². The van der Waals surface area contributed by atoms with Crippen LogP contribution in [-0.4, -0.2) is 34.9 Å². The van der Waals surface area contributed by atoms with E-state index >= 15 is 0 Å². The van der Waals surface area contributed by atoms with Crippen molar-refractivity contribution in [3.8, 4) is 0 Å². The van der Waals surface area contributed by atoms with Crippen molar-refractivity contribution in [3.05, 3.63) is 11.9 Å². The van der Waals surface area contributed by atoms with Gasteiger partial charge >= 0.3 is 11.9 Å². The fourth-order valence-corrected chi connectivity index (χ4v) is 1.43. The molecule has 0 radical (unpaired) electrons. The van der Waals surface area contributed by atoms with Gasteiger partial charge in [-0.25, -0.2) is 9.59 Å². The van der Waals surface area contributed by atoms with Gasteiger partial charge in [-0.3, -0.25) is 4.68 Å². The molecular weight excluding hydrogens is 250 g/mol. The van der Waals surface area contributed by atoms with Gasteiger partial charge in [0.05, 0.1) is 25.1 Å². The van der Waals surface area contributed by atoms with Crippen LogP contribution >= 0.6 is 0 Å². The van der Waals surface area contributed by atoms with E-state index in [0.29, 0.717) is 0 Å². The maximum atomic E-state index is 11.8. The molecule has 1 heterocycles. The van der Waals surface area contributed by atoms with E-state index in [-0.39, 0.29) is 24.6 Å². The summed E-state index contributed by atoms with van der Waals surface area (Å²) in [5.41, 5.74) is 4.82. The summed E-state index contributed by atoms with van der Waals surface area (Å²) < 4.78 is 11.1. The van der Waals surface area contributed by atoms with Crippen LogP contribution in [0.25, 0.3) is 0 Å². The minimum Gasteiger partial charge on any atom is -0.464 e. The number of nitrogen functional groups attached to an aromatic ring is 1. The number of ether oxygens (including phenoxy) is 2. The zero-order chi connectivity index (χ0) is 14.6. The van der Waals surface area contributed by atoms with Crippen LogP contribution in [0.4, 0.5) is 5.69 Å². The molecule has 0 amide bonds. The molecule has 2 N–H and O–H groups in total. The zero-order valence-corrected chi connectivity index (χ0v) is 11.6. The number of nitrogens with zero attached hydrogens (tertiary/aromatic N) is 2. The van der Waals surface area contributed by atoms with Gasteiger partial charge < -0.3 is 15.2 Å². The number of nitrogens with two attached hydrogens (primary N) is 1. The quantitative estimate of drug-likeness (QED) is 0.799. The van der Waals surface area contributed by atoms with Gasteiger partial charge in [0.15, 0.2) is 11.2 Å². The monoisotopic (exact) mass is 269 g/mol. The van der Waals surface area contributed by atoms with Gasteiger partial charge in [-0.1, -0.05) is 0 Å². The highest BCUT2D eigenvalue weighted by atomic mass is 16.5. The van der Waals surface area contributed by atoms with Crippen molar-refractivity contribution in [3.63, 3.8) is 0 Å². The second-order valence-corrected chi connectivity index (χ2v) is 4.38. The average molecular weight is 269 g/mol. The molecule has 19 heavy (non-hydrogen) atoms. The molecular formula is C12H19N3O4. The highest BCUT2D eigenvalue weighted by Crippen LogP contribution is 2.20. The molecule has 7 nitrogen and oxygen atoms in total. The summed E-state index contributed by atoms with van der Waals surface area (Å²) in [4.78, 5) is 23.4. The Hall–Kier alpha value is -2.05. The Morgan fingerprint density at radius 1 is 1.32 bits per heavy atom. The van der Waals surface area contributed by atoms with E-state index < -0.39 is 17.5 Å². The Balaban J connectivity index is 3.06. The molecule has 1 aromatic heterocycles. The summed E-state index contributed by atoms with van der Waals surface area (Å²) in [7, 11) is 0. The Labute approximate surface area is 111 Å². The van der Waals surface area contributed by atoms with Gasteiger partial charge in [-0.05, 0) is 27.7 Å². The molecule has 1 rings (SSSR count). The van der Waals surface area contributed by atoms with Gasteiger partial charge in [0, 0.05) is 0 Å². The van der Waals surface area contributed by atoms with E-state index in [2.05, 4.69) is 5.10 Å². The first-order valence-corrected chi connectivity index (χ1v) is 6.04. The Kier molecular flexibility index (Phi) is 4.52. The number of esters is 2. The summed E-state index contributed by atoms with van der Waals surface area (Å²) in [5.74, 6) is -1.06. The van der Waals surface area contributed by atoms with Gasteiger partial charge in [0.25, 0.3) is 0 Å². The summed E-state index contributed by atoms with van der Waals surface area (Å²) >= 11 is 0. The van der Waals surface area contributed by atoms with Crippen LogP contribution in [0.15, 0.2) is 6.20 Å². The first-order valence-electron chi connectivity index (χ1n) is 6.04. The predicted molar refractivity (Wildman–Crippen MR) is 68.6 cm³/mol. The second-order valence-electron chi connectivity index (χ2n) is 4.38. The second kappa shape index (κ2) is 5.73. The number of anilines is 1.